The van der Waals surface area contributed by atoms with E-state index < -0.39 is 0 Å². The second-order valence-electron chi connectivity index (χ2n) is 9.31. The van der Waals surface area contributed by atoms with Gasteiger partial charge in [-0.3, -0.25) is 4.79 Å². The number of hydrogen-bond donors (Lipinski definition) is 1. The monoisotopic (exact) mass is 472 g/mol. The van der Waals surface area contributed by atoms with Gasteiger partial charge in [0.25, 0.3) is 5.56 Å². The van der Waals surface area contributed by atoms with Crippen LogP contribution in [0.4, 0.5) is 0 Å². The zero-order valence-corrected chi connectivity index (χ0v) is 21.1. The molecule has 4 rings (SSSR count). The number of benzene rings is 2. The zero-order chi connectivity index (χ0) is 24.6. The minimum Gasteiger partial charge on any atom is -0.494 e. The molecule has 0 saturated heterocycles. The summed E-state index contributed by atoms with van der Waals surface area (Å²) in [6.45, 7) is 6.83. The summed E-state index contributed by atoms with van der Waals surface area (Å²) in [5.41, 5.74) is 3.88. The Morgan fingerprint density at radius 1 is 0.971 bits per heavy atom. The average Bonchev–Trinajstić information content (AvgIpc) is 3.21. The van der Waals surface area contributed by atoms with Gasteiger partial charge in [0.1, 0.15) is 22.6 Å². The first-order valence-corrected chi connectivity index (χ1v) is 12.9. The Kier molecular flexibility index (Phi) is 8.35. The number of hydrogen-bond acceptors (Lipinski definition) is 4. The molecular formula is C29H36N4O2. The van der Waals surface area contributed by atoms with Gasteiger partial charge in [-0.05, 0) is 62.2 Å². The van der Waals surface area contributed by atoms with Crippen molar-refractivity contribution >= 4 is 28.2 Å². The Hall–Kier alpha value is -3.41. The predicted molar refractivity (Wildman–Crippen MR) is 145 cm³/mol. The molecule has 6 heteroatoms. The largest absolute Gasteiger partial charge is 0.494 e. The Morgan fingerprint density at radius 2 is 1.69 bits per heavy atom. The molecule has 2 heterocycles. The van der Waals surface area contributed by atoms with Gasteiger partial charge in [-0.2, -0.15) is 9.78 Å². The minimum absolute atomic E-state index is 0.206. The molecule has 0 aliphatic carbocycles. The van der Waals surface area contributed by atoms with Crippen LogP contribution in [0.1, 0.15) is 75.2 Å². The van der Waals surface area contributed by atoms with E-state index in [0.717, 1.165) is 40.8 Å². The first kappa shape index (κ1) is 24.7. The van der Waals surface area contributed by atoms with Gasteiger partial charge >= 0.3 is 0 Å². The van der Waals surface area contributed by atoms with Crippen LogP contribution >= 0.6 is 0 Å². The molecule has 0 amide bonds. The summed E-state index contributed by atoms with van der Waals surface area (Å²) >= 11 is 0. The number of nitrogens with one attached hydrogen (secondary N) is 1. The smallest absolute Gasteiger partial charge is 0.298 e. The highest BCUT2D eigenvalue weighted by Crippen LogP contribution is 2.23. The highest BCUT2D eigenvalue weighted by Gasteiger charge is 2.13. The second-order valence-corrected chi connectivity index (χ2v) is 9.31. The first-order valence-electron chi connectivity index (χ1n) is 12.9. The molecule has 0 aliphatic rings. The lowest BCUT2D eigenvalue weighted by Gasteiger charge is -2.07. The van der Waals surface area contributed by atoms with E-state index >= 15 is 0 Å². The van der Waals surface area contributed by atoms with E-state index in [9.17, 15) is 4.79 Å². The van der Waals surface area contributed by atoms with Crippen LogP contribution in [0.25, 0.3) is 21.9 Å². The molecular weight excluding hydrogens is 436 g/mol. The summed E-state index contributed by atoms with van der Waals surface area (Å²) in [7, 11) is 0. The molecule has 184 valence electrons. The number of aromatic amines is 1. The summed E-state index contributed by atoms with van der Waals surface area (Å²) in [6.07, 6.45) is 12.0. The van der Waals surface area contributed by atoms with E-state index in [1.165, 1.54) is 49.6 Å². The van der Waals surface area contributed by atoms with E-state index in [2.05, 4.69) is 22.0 Å². The molecule has 0 bridgehead atoms. The summed E-state index contributed by atoms with van der Waals surface area (Å²) < 4.78 is 7.22. The fourth-order valence-electron chi connectivity index (χ4n) is 4.36. The molecule has 2 aromatic carbocycles. The van der Waals surface area contributed by atoms with E-state index in [4.69, 9.17) is 4.74 Å². The zero-order valence-electron chi connectivity index (χ0n) is 21.1. The SMILES string of the molecule is CCCCCCCCCCOc1ccc(C=Nn2c(C)nc3c([nH]c4ccc(C)cc43)c2=O)cc1. The Bertz CT molecular complexity index is 1350. The summed E-state index contributed by atoms with van der Waals surface area (Å²) in [5, 5.41) is 5.38. The molecule has 0 fully saturated rings. The number of rotatable bonds is 12. The van der Waals surface area contributed by atoms with Gasteiger partial charge in [0.15, 0.2) is 0 Å². The third-order valence-electron chi connectivity index (χ3n) is 6.38. The van der Waals surface area contributed by atoms with Gasteiger partial charge in [-0.25, -0.2) is 4.98 Å². The van der Waals surface area contributed by atoms with Crippen LogP contribution in [0.5, 0.6) is 5.75 Å². The maximum absolute atomic E-state index is 13.1. The van der Waals surface area contributed by atoms with E-state index in [1.807, 2.05) is 49.4 Å². The summed E-state index contributed by atoms with van der Waals surface area (Å²) in [6, 6.07) is 13.8. The van der Waals surface area contributed by atoms with Crippen LogP contribution in [-0.2, 0) is 0 Å². The maximum Gasteiger partial charge on any atom is 0.298 e. The predicted octanol–water partition coefficient (Wildman–Crippen LogP) is 6.90. The molecule has 0 unspecified atom stereocenters. The molecule has 1 N–H and O–H groups in total. The number of ether oxygens (including phenoxy) is 1. The van der Waals surface area contributed by atoms with Crippen molar-refractivity contribution in [1.82, 2.24) is 14.6 Å². The van der Waals surface area contributed by atoms with Crippen LogP contribution in [-0.4, -0.2) is 27.5 Å². The van der Waals surface area contributed by atoms with Gasteiger partial charge in [-0.15, -0.1) is 0 Å². The van der Waals surface area contributed by atoms with Crippen molar-refractivity contribution in [3.05, 3.63) is 69.8 Å². The fraction of sp³-hybridized carbons (Fsp3) is 0.414. The molecule has 4 aromatic rings. The molecule has 0 aliphatic heterocycles. The van der Waals surface area contributed by atoms with Gasteiger partial charge < -0.3 is 9.72 Å². The van der Waals surface area contributed by atoms with E-state index in [0.29, 0.717) is 16.9 Å². The number of fused-ring (bicyclic) bond motifs is 3. The van der Waals surface area contributed by atoms with Crippen LogP contribution in [0.15, 0.2) is 52.4 Å². The lowest BCUT2D eigenvalue weighted by molar-refractivity contribution is 0.304. The van der Waals surface area contributed by atoms with E-state index in [1.54, 1.807) is 13.1 Å². The summed E-state index contributed by atoms with van der Waals surface area (Å²) in [4.78, 5) is 21.0. The molecule has 0 radical (unpaired) electrons. The third kappa shape index (κ3) is 6.18. The number of H-pyrrole nitrogens is 1. The van der Waals surface area contributed by atoms with Crippen molar-refractivity contribution in [3.63, 3.8) is 0 Å². The lowest BCUT2D eigenvalue weighted by Crippen LogP contribution is -2.20. The molecule has 0 saturated carbocycles. The molecule has 2 aromatic heterocycles. The van der Waals surface area contributed by atoms with Crippen LogP contribution in [0.3, 0.4) is 0 Å². The summed E-state index contributed by atoms with van der Waals surface area (Å²) in [5.74, 6) is 1.40. The fourth-order valence-corrected chi connectivity index (χ4v) is 4.36. The van der Waals surface area contributed by atoms with Crippen LogP contribution in [0.2, 0.25) is 0 Å². The lowest BCUT2D eigenvalue weighted by atomic mass is 10.1. The van der Waals surface area contributed by atoms with Gasteiger partial charge in [0.2, 0.25) is 0 Å². The highest BCUT2D eigenvalue weighted by atomic mass is 16.5. The highest BCUT2D eigenvalue weighted by molar-refractivity contribution is 6.04. The molecule has 6 nitrogen and oxygen atoms in total. The number of aromatic nitrogens is 3. The van der Waals surface area contributed by atoms with E-state index in [-0.39, 0.29) is 5.56 Å². The molecule has 0 spiro atoms. The van der Waals surface area contributed by atoms with Crippen molar-refractivity contribution in [3.8, 4) is 5.75 Å². The normalized spacial score (nSPS) is 11.7. The van der Waals surface area contributed by atoms with Gasteiger partial charge in [0, 0.05) is 10.9 Å². The standard InChI is InChI=1S/C29H36N4O2/c1-4-5-6-7-8-9-10-11-18-35-24-15-13-23(14-16-24)20-30-33-22(3)31-27-25-19-21(2)12-17-26(25)32-28(27)29(33)34/h12-17,19-20,32H,4-11,18H2,1-3H3. The molecule has 35 heavy (non-hydrogen) atoms. The Balaban J connectivity index is 1.35. The Morgan fingerprint density at radius 3 is 2.43 bits per heavy atom. The first-order chi connectivity index (χ1) is 17.1. The average molecular weight is 473 g/mol. The van der Waals surface area contributed by atoms with Gasteiger partial charge in [0.05, 0.1) is 12.8 Å². The van der Waals surface area contributed by atoms with Crippen LogP contribution < -0.4 is 10.3 Å². The van der Waals surface area contributed by atoms with Crippen molar-refractivity contribution in [2.24, 2.45) is 5.10 Å². The number of aryl methyl sites for hydroxylation is 2. The van der Waals surface area contributed by atoms with Gasteiger partial charge in [-0.1, -0.05) is 63.5 Å². The topological polar surface area (TPSA) is 72.3 Å². The molecule has 0 atom stereocenters. The Labute approximate surface area is 207 Å². The minimum atomic E-state index is -0.206. The maximum atomic E-state index is 13.1. The van der Waals surface area contributed by atoms with Crippen molar-refractivity contribution in [2.45, 2.75) is 72.1 Å². The second kappa shape index (κ2) is 11.8. The number of nitrogens with zero attached hydrogens (tertiary/aromatic N) is 3. The third-order valence-corrected chi connectivity index (χ3v) is 6.38. The van der Waals surface area contributed by atoms with Crippen LogP contribution in [0, 0.1) is 13.8 Å². The number of unbranched alkanes of at least 4 members (excludes halogenated alkanes) is 7. The van der Waals surface area contributed by atoms with Crippen molar-refractivity contribution in [1.29, 1.82) is 0 Å². The van der Waals surface area contributed by atoms with Crippen molar-refractivity contribution in [2.75, 3.05) is 6.61 Å². The van der Waals surface area contributed by atoms with Crippen molar-refractivity contribution < 1.29 is 4.74 Å². The quantitative estimate of drug-likeness (QED) is 0.180.